The average molecular weight is 829 g/mol. The lowest BCUT2D eigenvalue weighted by Gasteiger charge is -2.49. The molecule has 26 nitrogen and oxygen atoms in total. The molecular formula is C30H52O26. The van der Waals surface area contributed by atoms with Crippen molar-refractivity contribution < 1.29 is 129 Å². The van der Waals surface area contributed by atoms with Crippen molar-refractivity contribution in [2.75, 3.05) is 33.0 Å². The Labute approximate surface area is 316 Å². The molecule has 25 atom stereocenters. The zero-order valence-corrected chi connectivity index (χ0v) is 29.2. The van der Waals surface area contributed by atoms with Crippen LogP contribution >= 0.6 is 0 Å². The molecule has 0 spiro atoms. The van der Waals surface area contributed by atoms with E-state index >= 15 is 0 Å². The van der Waals surface area contributed by atoms with Crippen molar-refractivity contribution in [3.05, 3.63) is 0 Å². The number of aliphatic hydroxyl groups excluding tert-OH is 17. The molecule has 0 aromatic carbocycles. The highest BCUT2D eigenvalue weighted by Gasteiger charge is 2.56. The van der Waals surface area contributed by atoms with E-state index in [9.17, 15) is 86.8 Å². The van der Waals surface area contributed by atoms with Crippen molar-refractivity contribution in [2.45, 2.75) is 154 Å². The number of rotatable bonds is 13. The quantitative estimate of drug-likeness (QED) is 0.0819. The Balaban J connectivity index is 1.36. The highest BCUT2D eigenvalue weighted by Crippen LogP contribution is 2.35. The van der Waals surface area contributed by atoms with Crippen LogP contribution in [0.1, 0.15) is 0 Å². The van der Waals surface area contributed by atoms with Crippen molar-refractivity contribution in [3.63, 3.8) is 0 Å². The fourth-order valence-corrected chi connectivity index (χ4v) is 6.87. The van der Waals surface area contributed by atoms with Crippen molar-refractivity contribution in [1.82, 2.24) is 0 Å². The molecule has 0 aromatic rings. The van der Waals surface area contributed by atoms with Crippen molar-refractivity contribution in [3.8, 4) is 0 Å². The maximum atomic E-state index is 11.1. The molecule has 328 valence electrons. The first-order chi connectivity index (χ1) is 26.5. The van der Waals surface area contributed by atoms with Gasteiger partial charge in [0.15, 0.2) is 31.5 Å². The maximum absolute atomic E-state index is 11.1. The van der Waals surface area contributed by atoms with Gasteiger partial charge in [-0.15, -0.1) is 0 Å². The lowest BCUT2D eigenvalue weighted by Crippen LogP contribution is -2.68. The normalized spacial score (nSPS) is 53.2. The summed E-state index contributed by atoms with van der Waals surface area (Å²) in [5, 5.41) is 176. The first-order valence-corrected chi connectivity index (χ1v) is 17.6. The number of hydrogen-bond acceptors (Lipinski definition) is 26. The second kappa shape index (κ2) is 19.6. The maximum Gasteiger partial charge on any atom is 0.187 e. The first kappa shape index (κ1) is 46.0. The van der Waals surface area contributed by atoms with Crippen LogP contribution < -0.4 is 0 Å². The average Bonchev–Trinajstić information content (AvgIpc) is 3.18. The summed E-state index contributed by atoms with van der Waals surface area (Å²) in [4.78, 5) is 0. The lowest BCUT2D eigenvalue weighted by atomic mass is 9.96. The van der Waals surface area contributed by atoms with Crippen LogP contribution in [0, 0.1) is 0 Å². The van der Waals surface area contributed by atoms with Crippen LogP contribution in [0.25, 0.3) is 0 Å². The van der Waals surface area contributed by atoms with Crippen molar-refractivity contribution >= 4 is 0 Å². The van der Waals surface area contributed by atoms with Crippen LogP contribution in [0.4, 0.5) is 0 Å². The molecule has 5 aliphatic heterocycles. The third-order valence-electron chi connectivity index (χ3n) is 10.3. The predicted octanol–water partition coefficient (Wildman–Crippen LogP) is -11.9. The summed E-state index contributed by atoms with van der Waals surface area (Å²) in [6.07, 6.45) is -47.1. The van der Waals surface area contributed by atoms with E-state index in [1.54, 1.807) is 0 Å². The second-order valence-corrected chi connectivity index (χ2v) is 14.0. The third kappa shape index (κ3) is 9.31. The van der Waals surface area contributed by atoms with Gasteiger partial charge in [0.05, 0.1) is 33.0 Å². The minimum atomic E-state index is -2.13. The van der Waals surface area contributed by atoms with Crippen LogP contribution in [0.5, 0.6) is 0 Å². The van der Waals surface area contributed by atoms with E-state index in [-0.39, 0.29) is 0 Å². The first-order valence-electron chi connectivity index (χ1n) is 17.6. The fourth-order valence-electron chi connectivity index (χ4n) is 6.87. The van der Waals surface area contributed by atoms with Crippen LogP contribution in [0.2, 0.25) is 0 Å². The molecular weight excluding hydrogens is 776 g/mol. The molecule has 0 bridgehead atoms. The zero-order valence-electron chi connectivity index (χ0n) is 29.2. The smallest absolute Gasteiger partial charge is 0.187 e. The Morgan fingerprint density at radius 3 is 1.09 bits per heavy atom. The van der Waals surface area contributed by atoms with Gasteiger partial charge in [-0.05, 0) is 0 Å². The fraction of sp³-hybridized carbons (Fsp3) is 1.00. The van der Waals surface area contributed by atoms with Gasteiger partial charge in [0.25, 0.3) is 0 Å². The standard InChI is InChI=1S/C30H52O26/c31-1-6-12(36)18(42)23(26(47)49-6)54-29-25(20(44)14(38)8(3-33)51-29)56-30-24(19(43)13(37)9(4-34)52-30)55-28-22(46)17(41)15(39)10(53-28)5-48-27-21(45)16(40)11(35)7(2-32)50-27/h6-47H,1-5H2/t6-,7-,8-,9-,10-,11-,12-,13-,14-,15-,16+,17+,18+,19+,20+,21-,22+,23+,24+,25+,26+,27+,28-,29-,30-/m1/s1. The zero-order chi connectivity index (χ0) is 41.3. The van der Waals surface area contributed by atoms with Gasteiger partial charge in [-0.3, -0.25) is 0 Å². The highest BCUT2D eigenvalue weighted by molar-refractivity contribution is 4.98. The molecule has 0 aliphatic carbocycles. The Morgan fingerprint density at radius 1 is 0.304 bits per heavy atom. The minimum absolute atomic E-state index is 0.781. The third-order valence-corrected chi connectivity index (χ3v) is 10.3. The molecule has 5 aliphatic rings. The molecule has 26 heteroatoms. The number of hydrogen-bond donors (Lipinski definition) is 17. The van der Waals surface area contributed by atoms with E-state index in [1.807, 2.05) is 0 Å². The van der Waals surface area contributed by atoms with Gasteiger partial charge in [-0.2, -0.15) is 0 Å². The number of aliphatic hydroxyl groups is 17. The SMILES string of the molecule is OC[C@H]1O[C@H](OC[C@H]2O[C@H](O[C@@H]3[C@@H](O[C@@H]4[C@@H](O[C@H]5[C@@H](O)[C@H](O)[C@@H](CO)O[C@@H]5O)O[C@H](CO)[C@@H](O)[C@@H]4O)O[C@H](CO)[C@@H](O)[C@@H]3O)[C@@H](O)[C@@H](O)[C@@H]2O)[C@H](O)[C@@H](O)[C@@H]1O. The molecule has 0 aromatic heterocycles. The van der Waals surface area contributed by atoms with Gasteiger partial charge in [0, 0.05) is 0 Å². The van der Waals surface area contributed by atoms with Gasteiger partial charge in [0.2, 0.25) is 0 Å². The molecule has 5 saturated heterocycles. The van der Waals surface area contributed by atoms with Crippen LogP contribution in [0.3, 0.4) is 0 Å². The molecule has 5 fully saturated rings. The molecule has 0 unspecified atom stereocenters. The van der Waals surface area contributed by atoms with Gasteiger partial charge in [-0.1, -0.05) is 0 Å². The van der Waals surface area contributed by atoms with Gasteiger partial charge in [0.1, 0.15) is 122 Å². The summed E-state index contributed by atoms with van der Waals surface area (Å²) in [7, 11) is 0. The topological polar surface area (TPSA) is 427 Å². The monoisotopic (exact) mass is 828 g/mol. The van der Waals surface area contributed by atoms with E-state index in [4.69, 9.17) is 42.6 Å². The summed E-state index contributed by atoms with van der Waals surface area (Å²) in [6, 6.07) is 0. The molecule has 0 radical (unpaired) electrons. The minimum Gasteiger partial charge on any atom is -0.394 e. The Kier molecular flexibility index (Phi) is 16.1. The van der Waals surface area contributed by atoms with Crippen LogP contribution in [-0.2, 0) is 42.6 Å². The molecule has 0 amide bonds. The largest absolute Gasteiger partial charge is 0.394 e. The summed E-state index contributed by atoms with van der Waals surface area (Å²) >= 11 is 0. The van der Waals surface area contributed by atoms with Gasteiger partial charge in [-0.25, -0.2) is 0 Å². The molecule has 5 heterocycles. The Morgan fingerprint density at radius 2 is 0.625 bits per heavy atom. The van der Waals surface area contributed by atoms with Gasteiger partial charge < -0.3 is 129 Å². The molecule has 56 heavy (non-hydrogen) atoms. The molecule has 0 saturated carbocycles. The Hall–Kier alpha value is -1.04. The summed E-state index contributed by atoms with van der Waals surface area (Å²) in [5.74, 6) is 0. The molecule has 17 N–H and O–H groups in total. The van der Waals surface area contributed by atoms with E-state index < -0.39 is 187 Å². The number of ether oxygens (including phenoxy) is 9. The Bertz CT molecular complexity index is 1210. The van der Waals surface area contributed by atoms with Crippen molar-refractivity contribution in [1.29, 1.82) is 0 Å². The van der Waals surface area contributed by atoms with E-state index in [1.165, 1.54) is 0 Å². The van der Waals surface area contributed by atoms with Crippen LogP contribution in [0.15, 0.2) is 0 Å². The summed E-state index contributed by atoms with van der Waals surface area (Å²) < 4.78 is 49.6. The predicted molar refractivity (Wildman–Crippen MR) is 167 cm³/mol. The summed E-state index contributed by atoms with van der Waals surface area (Å²) in [5.41, 5.74) is 0. The summed E-state index contributed by atoms with van der Waals surface area (Å²) in [6.45, 7) is -4.29. The lowest BCUT2D eigenvalue weighted by molar-refractivity contribution is -0.405. The van der Waals surface area contributed by atoms with E-state index in [0.29, 0.717) is 0 Å². The van der Waals surface area contributed by atoms with Gasteiger partial charge >= 0.3 is 0 Å². The van der Waals surface area contributed by atoms with Crippen LogP contribution in [-0.4, -0.2) is 273 Å². The molecule has 5 rings (SSSR count). The van der Waals surface area contributed by atoms with E-state index in [0.717, 1.165) is 0 Å². The van der Waals surface area contributed by atoms with E-state index in [2.05, 4.69) is 0 Å². The highest BCUT2D eigenvalue weighted by atomic mass is 16.8. The second-order valence-electron chi connectivity index (χ2n) is 14.0. The van der Waals surface area contributed by atoms with Crippen molar-refractivity contribution in [2.24, 2.45) is 0 Å².